The second kappa shape index (κ2) is 7.81. The molecule has 0 fully saturated rings. The van der Waals surface area contributed by atoms with Crippen LogP contribution in [0.15, 0.2) is 33.9 Å². The van der Waals surface area contributed by atoms with Crippen LogP contribution in [0.25, 0.3) is 0 Å². The first-order valence-electron chi connectivity index (χ1n) is 7.87. The second-order valence-electron chi connectivity index (χ2n) is 5.99. The van der Waals surface area contributed by atoms with Crippen LogP contribution in [0.3, 0.4) is 0 Å². The SMILES string of the molecule is COC(=O)C(Cc1ccc(OC(=O)N(C)C)cc1)Nc1c(C)c(=O)c1=O. The first kappa shape index (κ1) is 19.2. The maximum absolute atomic E-state index is 12.0. The van der Waals surface area contributed by atoms with Crippen molar-refractivity contribution in [2.45, 2.75) is 19.4 Å². The van der Waals surface area contributed by atoms with Crippen LogP contribution in [0.4, 0.5) is 10.5 Å². The number of carbonyl (C=O) groups is 2. The highest BCUT2D eigenvalue weighted by molar-refractivity contribution is 5.80. The first-order chi connectivity index (χ1) is 12.2. The number of methoxy groups -OCH3 is 1. The standard InChI is InChI=1S/C18H20N2O6/c1-10-14(16(22)15(10)21)19-13(17(23)25-4)9-11-5-7-12(8-6-11)26-18(24)20(2)3/h5-8,13,19H,9H2,1-4H3. The van der Waals surface area contributed by atoms with E-state index >= 15 is 0 Å². The van der Waals surface area contributed by atoms with Crippen molar-refractivity contribution in [1.82, 2.24) is 4.90 Å². The maximum atomic E-state index is 12.0. The fourth-order valence-electron chi connectivity index (χ4n) is 2.31. The summed E-state index contributed by atoms with van der Waals surface area (Å²) in [7, 11) is 4.40. The smallest absolute Gasteiger partial charge is 0.414 e. The molecule has 1 N–H and O–H groups in total. The summed E-state index contributed by atoms with van der Waals surface area (Å²) in [6.45, 7) is 1.52. The van der Waals surface area contributed by atoms with Gasteiger partial charge in [-0.3, -0.25) is 9.59 Å². The molecule has 0 bridgehead atoms. The van der Waals surface area contributed by atoms with Crippen molar-refractivity contribution in [2.24, 2.45) is 0 Å². The number of anilines is 1. The number of nitrogens with one attached hydrogen (secondary N) is 1. The van der Waals surface area contributed by atoms with E-state index in [1.54, 1.807) is 38.4 Å². The highest BCUT2D eigenvalue weighted by Gasteiger charge is 2.25. The Kier molecular flexibility index (Phi) is 5.76. The van der Waals surface area contributed by atoms with Crippen molar-refractivity contribution in [1.29, 1.82) is 0 Å². The summed E-state index contributed by atoms with van der Waals surface area (Å²) in [6, 6.07) is 5.79. The van der Waals surface area contributed by atoms with Gasteiger partial charge in [-0.05, 0) is 24.6 Å². The Hall–Kier alpha value is -3.16. The lowest BCUT2D eigenvalue weighted by molar-refractivity contribution is -0.141. The number of rotatable bonds is 6. The van der Waals surface area contributed by atoms with E-state index in [1.165, 1.54) is 18.9 Å². The number of carbonyl (C=O) groups excluding carboxylic acids is 2. The van der Waals surface area contributed by atoms with E-state index in [2.05, 4.69) is 5.32 Å². The third-order valence-corrected chi connectivity index (χ3v) is 3.89. The van der Waals surface area contributed by atoms with Gasteiger partial charge in [-0.1, -0.05) is 12.1 Å². The fourth-order valence-corrected chi connectivity index (χ4v) is 2.31. The summed E-state index contributed by atoms with van der Waals surface area (Å²) in [5.74, 6) is -0.186. The van der Waals surface area contributed by atoms with Gasteiger partial charge in [0.25, 0.3) is 0 Å². The third kappa shape index (κ3) is 4.08. The van der Waals surface area contributed by atoms with Gasteiger partial charge >= 0.3 is 12.1 Å². The summed E-state index contributed by atoms with van der Waals surface area (Å²) in [4.78, 5) is 47.7. The molecule has 8 heteroatoms. The first-order valence-corrected chi connectivity index (χ1v) is 7.87. The van der Waals surface area contributed by atoms with Crippen molar-refractivity contribution < 1.29 is 19.1 Å². The molecule has 1 atom stereocenters. The monoisotopic (exact) mass is 360 g/mol. The number of nitrogens with zero attached hydrogens (tertiary/aromatic N) is 1. The minimum Gasteiger partial charge on any atom is -0.467 e. The molecule has 0 spiro atoms. The lowest BCUT2D eigenvalue weighted by atomic mass is 10.0. The highest BCUT2D eigenvalue weighted by atomic mass is 16.6. The van der Waals surface area contributed by atoms with E-state index < -0.39 is 29.0 Å². The van der Waals surface area contributed by atoms with Crippen molar-refractivity contribution in [3.63, 3.8) is 0 Å². The zero-order valence-electron chi connectivity index (χ0n) is 15.0. The Balaban J connectivity index is 2.11. The topological polar surface area (TPSA) is 102 Å². The molecular weight excluding hydrogens is 340 g/mol. The maximum Gasteiger partial charge on any atom is 0.414 e. The van der Waals surface area contributed by atoms with Crippen LogP contribution < -0.4 is 20.9 Å². The van der Waals surface area contributed by atoms with Crippen LogP contribution in [0.2, 0.25) is 0 Å². The molecule has 0 heterocycles. The van der Waals surface area contributed by atoms with Gasteiger partial charge in [-0.15, -0.1) is 0 Å². The minimum atomic E-state index is -0.822. The number of hydrogen-bond acceptors (Lipinski definition) is 7. The molecular formula is C18H20N2O6. The molecule has 0 radical (unpaired) electrons. The summed E-state index contributed by atoms with van der Waals surface area (Å²) in [5.41, 5.74) is 0.0104. The Labute approximate surface area is 150 Å². The average Bonchev–Trinajstić information content (AvgIpc) is 2.64. The Morgan fingerprint density at radius 3 is 2.23 bits per heavy atom. The molecule has 2 aromatic rings. The van der Waals surface area contributed by atoms with Crippen molar-refractivity contribution in [3.8, 4) is 5.75 Å². The zero-order chi connectivity index (χ0) is 19.4. The number of ether oxygens (including phenoxy) is 2. The van der Waals surface area contributed by atoms with Crippen LogP contribution in [-0.2, 0) is 16.0 Å². The molecule has 1 amide bonds. The van der Waals surface area contributed by atoms with Gasteiger partial charge in [-0.2, -0.15) is 0 Å². The second-order valence-corrected chi connectivity index (χ2v) is 5.99. The van der Waals surface area contributed by atoms with Gasteiger partial charge < -0.3 is 19.7 Å². The number of amides is 1. The summed E-state index contributed by atoms with van der Waals surface area (Å²) in [5, 5.41) is 2.79. The lowest BCUT2D eigenvalue weighted by Gasteiger charge is -2.19. The predicted molar refractivity (Wildman–Crippen MR) is 95.4 cm³/mol. The van der Waals surface area contributed by atoms with E-state index in [1.807, 2.05) is 0 Å². The van der Waals surface area contributed by atoms with E-state index in [4.69, 9.17) is 9.47 Å². The third-order valence-electron chi connectivity index (χ3n) is 3.89. The summed E-state index contributed by atoms with van der Waals surface area (Å²) < 4.78 is 9.88. The molecule has 0 saturated heterocycles. The average molecular weight is 360 g/mol. The zero-order valence-corrected chi connectivity index (χ0v) is 15.0. The molecule has 0 aliphatic rings. The quantitative estimate of drug-likeness (QED) is 0.602. The van der Waals surface area contributed by atoms with Gasteiger partial charge in [0.1, 0.15) is 11.8 Å². The van der Waals surface area contributed by atoms with Gasteiger partial charge in [0.15, 0.2) is 0 Å². The van der Waals surface area contributed by atoms with E-state index in [-0.39, 0.29) is 12.1 Å². The van der Waals surface area contributed by atoms with Crippen LogP contribution in [-0.4, -0.2) is 44.2 Å². The molecule has 8 nitrogen and oxygen atoms in total. The molecule has 138 valence electrons. The Bertz CT molecular complexity index is 878. The molecule has 0 aliphatic carbocycles. The van der Waals surface area contributed by atoms with Crippen molar-refractivity contribution >= 4 is 17.7 Å². The Morgan fingerprint density at radius 2 is 1.73 bits per heavy atom. The molecule has 2 rings (SSSR count). The number of benzene rings is 1. The van der Waals surface area contributed by atoms with E-state index in [9.17, 15) is 19.2 Å². The Morgan fingerprint density at radius 1 is 1.12 bits per heavy atom. The normalized spacial score (nSPS) is 11.7. The molecule has 1 unspecified atom stereocenters. The van der Waals surface area contributed by atoms with Gasteiger partial charge in [0, 0.05) is 26.1 Å². The van der Waals surface area contributed by atoms with E-state index in [0.29, 0.717) is 11.3 Å². The summed E-state index contributed by atoms with van der Waals surface area (Å²) >= 11 is 0. The molecule has 26 heavy (non-hydrogen) atoms. The van der Waals surface area contributed by atoms with Crippen LogP contribution in [0, 0.1) is 6.92 Å². The molecule has 0 saturated carbocycles. The summed E-state index contributed by atoms with van der Waals surface area (Å²) in [6.07, 6.45) is -0.269. The minimum absolute atomic E-state index is 0.141. The largest absolute Gasteiger partial charge is 0.467 e. The van der Waals surface area contributed by atoms with Gasteiger partial charge in [0.2, 0.25) is 10.9 Å². The highest BCUT2D eigenvalue weighted by Crippen LogP contribution is 2.16. The van der Waals surface area contributed by atoms with Crippen molar-refractivity contribution in [2.75, 3.05) is 26.5 Å². The molecule has 0 aromatic heterocycles. The molecule has 2 aromatic carbocycles. The number of hydrogen-bond donors (Lipinski definition) is 1. The van der Waals surface area contributed by atoms with Gasteiger partial charge in [-0.25, -0.2) is 9.59 Å². The lowest BCUT2D eigenvalue weighted by Crippen LogP contribution is -2.42. The van der Waals surface area contributed by atoms with Gasteiger partial charge in [0.05, 0.1) is 12.8 Å². The number of esters is 1. The van der Waals surface area contributed by atoms with Crippen LogP contribution in [0.5, 0.6) is 5.75 Å². The fraction of sp³-hybridized carbons (Fsp3) is 0.333. The van der Waals surface area contributed by atoms with Crippen LogP contribution >= 0.6 is 0 Å². The molecule has 0 aliphatic heterocycles. The predicted octanol–water partition coefficient (Wildman–Crippen LogP) is 0.848. The van der Waals surface area contributed by atoms with E-state index in [0.717, 1.165) is 5.56 Å². The van der Waals surface area contributed by atoms with Crippen molar-refractivity contribution in [3.05, 3.63) is 55.8 Å². The van der Waals surface area contributed by atoms with Crippen LogP contribution in [0.1, 0.15) is 11.1 Å².